The first kappa shape index (κ1) is 24.1. The van der Waals surface area contributed by atoms with Crippen LogP contribution in [0.15, 0.2) is 41.5 Å². The summed E-state index contributed by atoms with van der Waals surface area (Å²) < 4.78 is 21.8. The molecule has 10 nitrogen and oxygen atoms in total. The Kier molecular flexibility index (Phi) is 8.40. The zero-order valence-electron chi connectivity index (χ0n) is 19.4. The highest BCUT2D eigenvalue weighted by Crippen LogP contribution is 2.31. The van der Waals surface area contributed by atoms with Crippen LogP contribution >= 0.6 is 0 Å². The van der Waals surface area contributed by atoms with Crippen molar-refractivity contribution < 1.29 is 23.7 Å². The third-order valence-electron chi connectivity index (χ3n) is 5.98. The molecule has 1 N–H and O–H groups in total. The zero-order chi connectivity index (χ0) is 23.8. The minimum Gasteiger partial charge on any atom is -0.476 e. The van der Waals surface area contributed by atoms with Gasteiger partial charge in [-0.1, -0.05) is 12.1 Å². The monoisotopic (exact) mass is 469 g/mol. The Hall–Kier alpha value is -3.08. The van der Waals surface area contributed by atoms with E-state index in [-0.39, 0.29) is 0 Å². The maximum absolute atomic E-state index is 12.0. The topological polar surface area (TPSA) is 110 Å². The lowest BCUT2D eigenvalue weighted by Crippen LogP contribution is -2.38. The molecule has 0 amide bonds. The molecule has 0 spiro atoms. The van der Waals surface area contributed by atoms with Gasteiger partial charge in [0, 0.05) is 44.5 Å². The molecule has 34 heavy (non-hydrogen) atoms. The number of morpholine rings is 2. The van der Waals surface area contributed by atoms with Crippen molar-refractivity contribution in [1.29, 1.82) is 5.53 Å². The van der Waals surface area contributed by atoms with Crippen LogP contribution in [0.5, 0.6) is 5.88 Å². The summed E-state index contributed by atoms with van der Waals surface area (Å²) >= 11 is 0. The van der Waals surface area contributed by atoms with Crippen molar-refractivity contribution in [2.75, 3.05) is 77.8 Å². The zero-order valence-corrected chi connectivity index (χ0v) is 19.4. The Morgan fingerprint density at radius 2 is 1.85 bits per heavy atom. The van der Waals surface area contributed by atoms with Crippen LogP contribution in [0.2, 0.25) is 0 Å². The molecule has 0 aliphatic carbocycles. The SMILES string of the molecule is COC(=O)c1cccc(C(N=N)c2cc(N3CCOCC3)cc(OCCN3CCOCC3)n2)c1. The summed E-state index contributed by atoms with van der Waals surface area (Å²) in [4.78, 5) is 21.2. The third-order valence-corrected chi connectivity index (χ3v) is 5.98. The minimum absolute atomic E-state index is 0.403. The summed E-state index contributed by atoms with van der Waals surface area (Å²) in [7, 11) is 1.34. The molecule has 3 heterocycles. The van der Waals surface area contributed by atoms with Crippen molar-refractivity contribution in [1.82, 2.24) is 9.88 Å². The number of nitrogens with zero attached hydrogens (tertiary/aromatic N) is 4. The number of nitrogens with one attached hydrogen (secondary N) is 1. The number of aromatic nitrogens is 1. The lowest BCUT2D eigenvalue weighted by Gasteiger charge is -2.30. The molecule has 1 aromatic carbocycles. The number of ether oxygens (including phenoxy) is 4. The number of rotatable bonds is 9. The molecule has 2 fully saturated rings. The summed E-state index contributed by atoms with van der Waals surface area (Å²) in [5.41, 5.74) is 10.5. The highest BCUT2D eigenvalue weighted by atomic mass is 16.5. The molecule has 1 aromatic heterocycles. The van der Waals surface area contributed by atoms with Crippen molar-refractivity contribution in [3.63, 3.8) is 0 Å². The summed E-state index contributed by atoms with van der Waals surface area (Å²) in [5.74, 6) is 0.0535. The van der Waals surface area contributed by atoms with Crippen LogP contribution in [0.25, 0.3) is 0 Å². The van der Waals surface area contributed by atoms with Gasteiger partial charge in [0.1, 0.15) is 12.6 Å². The second-order valence-corrected chi connectivity index (χ2v) is 8.14. The second kappa shape index (κ2) is 11.9. The molecular weight excluding hydrogens is 438 g/mol. The summed E-state index contributed by atoms with van der Waals surface area (Å²) in [6, 6.07) is 10.1. The molecule has 0 bridgehead atoms. The Labute approximate surface area is 199 Å². The normalized spacial score (nSPS) is 17.7. The molecular formula is C24H31N5O5. The molecule has 0 saturated carbocycles. The van der Waals surface area contributed by atoms with Crippen molar-refractivity contribution in [3.05, 3.63) is 53.2 Å². The minimum atomic E-state index is -0.674. The number of pyridine rings is 1. The molecule has 2 aromatic rings. The number of hydrogen-bond acceptors (Lipinski definition) is 10. The van der Waals surface area contributed by atoms with Crippen LogP contribution in [-0.2, 0) is 14.2 Å². The molecule has 10 heteroatoms. The quantitative estimate of drug-likeness (QED) is 0.441. The predicted molar refractivity (Wildman–Crippen MR) is 125 cm³/mol. The third kappa shape index (κ3) is 6.07. The number of carbonyl (C=O) groups excluding carboxylic acids is 1. The van der Waals surface area contributed by atoms with E-state index in [1.54, 1.807) is 18.2 Å². The first-order chi connectivity index (χ1) is 16.7. The number of benzene rings is 1. The summed E-state index contributed by atoms with van der Waals surface area (Å²) in [6.07, 6.45) is 0. The Bertz CT molecular complexity index is 976. The fourth-order valence-corrected chi connectivity index (χ4v) is 4.10. The van der Waals surface area contributed by atoms with Gasteiger partial charge in [0.15, 0.2) is 0 Å². The van der Waals surface area contributed by atoms with Gasteiger partial charge in [0.2, 0.25) is 5.88 Å². The molecule has 1 unspecified atom stereocenters. The van der Waals surface area contributed by atoms with E-state index >= 15 is 0 Å². The van der Waals surface area contributed by atoms with E-state index in [0.29, 0.717) is 42.5 Å². The van der Waals surface area contributed by atoms with Gasteiger partial charge in [-0.15, -0.1) is 0 Å². The van der Waals surface area contributed by atoms with Crippen LogP contribution in [0.3, 0.4) is 0 Å². The average Bonchev–Trinajstić information content (AvgIpc) is 2.90. The molecule has 1 atom stereocenters. The molecule has 0 radical (unpaired) electrons. The molecule has 2 aliphatic rings. The maximum atomic E-state index is 12.0. The van der Waals surface area contributed by atoms with Crippen LogP contribution in [0.4, 0.5) is 5.69 Å². The maximum Gasteiger partial charge on any atom is 0.337 e. The van der Waals surface area contributed by atoms with Gasteiger partial charge in [-0.2, -0.15) is 5.11 Å². The Balaban J connectivity index is 1.59. The molecule has 182 valence electrons. The van der Waals surface area contributed by atoms with Crippen molar-refractivity contribution in [2.24, 2.45) is 5.11 Å². The van der Waals surface area contributed by atoms with E-state index < -0.39 is 12.0 Å². The largest absolute Gasteiger partial charge is 0.476 e. The van der Waals surface area contributed by atoms with Gasteiger partial charge in [-0.05, 0) is 23.8 Å². The van der Waals surface area contributed by atoms with Crippen molar-refractivity contribution >= 4 is 11.7 Å². The lowest BCUT2D eigenvalue weighted by atomic mass is 10.0. The van der Waals surface area contributed by atoms with E-state index in [0.717, 1.165) is 51.6 Å². The van der Waals surface area contributed by atoms with Crippen LogP contribution in [0, 0.1) is 5.53 Å². The fraction of sp³-hybridized carbons (Fsp3) is 0.500. The number of anilines is 1. The van der Waals surface area contributed by atoms with E-state index in [1.165, 1.54) is 7.11 Å². The van der Waals surface area contributed by atoms with E-state index in [2.05, 4.69) is 14.9 Å². The summed E-state index contributed by atoms with van der Waals surface area (Å²) in [5, 5.41) is 3.85. The second-order valence-electron chi connectivity index (χ2n) is 8.14. The first-order valence-electron chi connectivity index (χ1n) is 11.5. The number of methoxy groups -OCH3 is 1. The van der Waals surface area contributed by atoms with Gasteiger partial charge >= 0.3 is 5.97 Å². The van der Waals surface area contributed by atoms with E-state index in [1.807, 2.05) is 18.2 Å². The number of esters is 1. The van der Waals surface area contributed by atoms with Crippen molar-refractivity contribution in [2.45, 2.75) is 6.04 Å². The standard InChI is InChI=1S/C24H31N5O5/c1-31-24(30)19-4-2-3-18(15-19)23(27-25)21-16-20(29-8-12-33-13-9-29)17-22(26-21)34-14-7-28-5-10-32-11-6-28/h2-4,15-17,23,25H,5-14H2,1H3. The van der Waals surface area contributed by atoms with E-state index in [4.69, 9.17) is 29.5 Å². The van der Waals surface area contributed by atoms with Crippen LogP contribution < -0.4 is 9.64 Å². The average molecular weight is 470 g/mol. The van der Waals surface area contributed by atoms with Gasteiger partial charge in [-0.3, -0.25) is 4.90 Å². The number of carbonyl (C=O) groups is 1. The van der Waals surface area contributed by atoms with E-state index in [9.17, 15) is 4.79 Å². The van der Waals surface area contributed by atoms with Crippen LogP contribution in [-0.4, -0.2) is 88.7 Å². The Morgan fingerprint density at radius 1 is 1.12 bits per heavy atom. The van der Waals surface area contributed by atoms with Gasteiger partial charge < -0.3 is 23.8 Å². The van der Waals surface area contributed by atoms with Crippen molar-refractivity contribution in [3.8, 4) is 5.88 Å². The number of hydrogen-bond donors (Lipinski definition) is 1. The Morgan fingerprint density at radius 3 is 2.56 bits per heavy atom. The molecule has 2 saturated heterocycles. The summed E-state index contributed by atoms with van der Waals surface area (Å²) in [6.45, 7) is 7.39. The highest BCUT2D eigenvalue weighted by Gasteiger charge is 2.21. The van der Waals surface area contributed by atoms with Gasteiger partial charge in [0.25, 0.3) is 0 Å². The fourth-order valence-electron chi connectivity index (χ4n) is 4.10. The molecule has 2 aliphatic heterocycles. The van der Waals surface area contributed by atoms with Crippen LogP contribution in [0.1, 0.15) is 27.7 Å². The van der Waals surface area contributed by atoms with Gasteiger partial charge in [0.05, 0.1) is 44.8 Å². The smallest absolute Gasteiger partial charge is 0.337 e. The highest BCUT2D eigenvalue weighted by molar-refractivity contribution is 5.89. The molecule has 4 rings (SSSR count). The van der Waals surface area contributed by atoms with Gasteiger partial charge in [-0.25, -0.2) is 15.3 Å². The lowest BCUT2D eigenvalue weighted by molar-refractivity contribution is 0.0320. The first-order valence-corrected chi connectivity index (χ1v) is 11.5. The predicted octanol–water partition coefficient (Wildman–Crippen LogP) is 2.54.